The first kappa shape index (κ1) is 13.5. The SMILES string of the molecule is CCC1OCCC1CNc1cc(Cl)c(N)cc1C. The van der Waals surface area contributed by atoms with Gasteiger partial charge in [0.1, 0.15) is 0 Å². The molecule has 0 spiro atoms. The third kappa shape index (κ3) is 2.90. The summed E-state index contributed by atoms with van der Waals surface area (Å²) in [6.07, 6.45) is 2.60. The average molecular weight is 269 g/mol. The van der Waals surface area contributed by atoms with E-state index < -0.39 is 0 Å². The van der Waals surface area contributed by atoms with Crippen molar-refractivity contribution in [2.75, 3.05) is 24.2 Å². The normalized spacial score (nSPS) is 23.3. The quantitative estimate of drug-likeness (QED) is 0.822. The summed E-state index contributed by atoms with van der Waals surface area (Å²) >= 11 is 6.05. The number of aryl methyl sites for hydroxylation is 1. The van der Waals surface area contributed by atoms with Crippen LogP contribution >= 0.6 is 11.6 Å². The Hall–Kier alpha value is -0.930. The second-order valence-electron chi connectivity index (χ2n) is 4.94. The Morgan fingerprint density at radius 1 is 1.50 bits per heavy atom. The number of rotatable bonds is 4. The monoisotopic (exact) mass is 268 g/mol. The minimum Gasteiger partial charge on any atom is -0.398 e. The van der Waals surface area contributed by atoms with Crippen molar-refractivity contribution in [2.24, 2.45) is 5.92 Å². The molecule has 0 radical (unpaired) electrons. The molecule has 3 N–H and O–H groups in total. The zero-order chi connectivity index (χ0) is 13.1. The van der Waals surface area contributed by atoms with E-state index in [0.717, 1.165) is 37.2 Å². The van der Waals surface area contributed by atoms with Crippen molar-refractivity contribution >= 4 is 23.0 Å². The van der Waals surface area contributed by atoms with E-state index >= 15 is 0 Å². The van der Waals surface area contributed by atoms with Crippen LogP contribution in [-0.2, 0) is 4.74 Å². The van der Waals surface area contributed by atoms with Crippen LogP contribution < -0.4 is 11.1 Å². The van der Waals surface area contributed by atoms with Gasteiger partial charge in [-0.05, 0) is 37.5 Å². The highest BCUT2D eigenvalue weighted by Gasteiger charge is 2.26. The zero-order valence-electron chi connectivity index (χ0n) is 11.0. The molecule has 18 heavy (non-hydrogen) atoms. The fourth-order valence-electron chi connectivity index (χ4n) is 2.51. The molecule has 1 fully saturated rings. The molecule has 1 aliphatic heterocycles. The molecular formula is C14H21ClN2O. The predicted molar refractivity (Wildman–Crippen MR) is 77.2 cm³/mol. The number of halogens is 1. The summed E-state index contributed by atoms with van der Waals surface area (Å²) in [4.78, 5) is 0. The highest BCUT2D eigenvalue weighted by atomic mass is 35.5. The minimum atomic E-state index is 0.391. The Labute approximate surface area is 114 Å². The summed E-state index contributed by atoms with van der Waals surface area (Å²) in [7, 11) is 0. The molecule has 3 nitrogen and oxygen atoms in total. The lowest BCUT2D eigenvalue weighted by Gasteiger charge is -2.19. The van der Waals surface area contributed by atoms with Crippen molar-refractivity contribution in [2.45, 2.75) is 32.8 Å². The van der Waals surface area contributed by atoms with Crippen molar-refractivity contribution in [3.8, 4) is 0 Å². The van der Waals surface area contributed by atoms with E-state index in [9.17, 15) is 0 Å². The Morgan fingerprint density at radius 2 is 2.28 bits per heavy atom. The zero-order valence-corrected chi connectivity index (χ0v) is 11.8. The number of hydrogen-bond donors (Lipinski definition) is 2. The molecule has 0 aliphatic carbocycles. The van der Waals surface area contributed by atoms with E-state index in [-0.39, 0.29) is 0 Å². The molecule has 100 valence electrons. The van der Waals surface area contributed by atoms with E-state index in [1.165, 1.54) is 0 Å². The lowest BCUT2D eigenvalue weighted by atomic mass is 9.99. The fraction of sp³-hybridized carbons (Fsp3) is 0.571. The van der Waals surface area contributed by atoms with Gasteiger partial charge in [0.2, 0.25) is 0 Å². The van der Waals surface area contributed by atoms with Crippen LogP contribution in [0, 0.1) is 12.8 Å². The summed E-state index contributed by atoms with van der Waals surface area (Å²) in [6.45, 7) is 6.03. The fourth-order valence-corrected chi connectivity index (χ4v) is 2.68. The van der Waals surface area contributed by atoms with Gasteiger partial charge in [-0.25, -0.2) is 0 Å². The molecule has 2 rings (SSSR count). The second-order valence-corrected chi connectivity index (χ2v) is 5.34. The maximum Gasteiger partial charge on any atom is 0.0656 e. The van der Waals surface area contributed by atoms with Gasteiger partial charge in [-0.15, -0.1) is 0 Å². The number of hydrogen-bond acceptors (Lipinski definition) is 3. The topological polar surface area (TPSA) is 47.3 Å². The first-order valence-electron chi connectivity index (χ1n) is 6.53. The van der Waals surface area contributed by atoms with Gasteiger partial charge >= 0.3 is 0 Å². The van der Waals surface area contributed by atoms with Crippen molar-refractivity contribution in [3.63, 3.8) is 0 Å². The molecule has 1 saturated heterocycles. The summed E-state index contributed by atoms with van der Waals surface area (Å²) in [5.74, 6) is 0.589. The third-order valence-electron chi connectivity index (χ3n) is 3.65. The van der Waals surface area contributed by atoms with E-state index in [4.69, 9.17) is 22.1 Å². The Bertz CT molecular complexity index is 423. The van der Waals surface area contributed by atoms with E-state index in [0.29, 0.717) is 22.7 Å². The number of nitrogens with one attached hydrogen (secondary N) is 1. The first-order chi connectivity index (χ1) is 8.61. The first-order valence-corrected chi connectivity index (χ1v) is 6.90. The van der Waals surface area contributed by atoms with Crippen molar-refractivity contribution in [1.29, 1.82) is 0 Å². The molecule has 1 aliphatic rings. The number of anilines is 2. The van der Waals surface area contributed by atoms with Gasteiger partial charge in [-0.2, -0.15) is 0 Å². The standard InChI is InChI=1S/C14H21ClN2O/c1-3-14-10(4-5-18-14)8-17-13-7-11(15)12(16)6-9(13)2/h6-7,10,14,17H,3-5,8,16H2,1-2H3. The Morgan fingerprint density at radius 3 is 3.00 bits per heavy atom. The smallest absolute Gasteiger partial charge is 0.0656 e. The van der Waals surface area contributed by atoms with Gasteiger partial charge in [0.15, 0.2) is 0 Å². The second kappa shape index (κ2) is 5.81. The van der Waals surface area contributed by atoms with Crippen molar-refractivity contribution in [3.05, 3.63) is 22.7 Å². The Balaban J connectivity index is 2.00. The van der Waals surface area contributed by atoms with Crippen LogP contribution in [0.1, 0.15) is 25.3 Å². The van der Waals surface area contributed by atoms with Crippen LogP contribution in [0.2, 0.25) is 5.02 Å². The number of nitrogens with two attached hydrogens (primary N) is 1. The largest absolute Gasteiger partial charge is 0.398 e. The maximum absolute atomic E-state index is 6.05. The Kier molecular flexibility index (Phi) is 4.36. The highest BCUT2D eigenvalue weighted by Crippen LogP contribution is 2.28. The van der Waals surface area contributed by atoms with Gasteiger partial charge in [0.25, 0.3) is 0 Å². The summed E-state index contributed by atoms with van der Waals surface area (Å²) in [5.41, 5.74) is 8.60. The van der Waals surface area contributed by atoms with Crippen LogP contribution in [0.25, 0.3) is 0 Å². The molecule has 0 saturated carbocycles. The number of nitrogen functional groups attached to an aromatic ring is 1. The van der Waals surface area contributed by atoms with Gasteiger partial charge in [0, 0.05) is 24.8 Å². The van der Waals surface area contributed by atoms with Crippen molar-refractivity contribution < 1.29 is 4.74 Å². The number of benzene rings is 1. The molecule has 2 atom stereocenters. The highest BCUT2D eigenvalue weighted by molar-refractivity contribution is 6.33. The molecule has 0 amide bonds. The molecule has 2 unspecified atom stereocenters. The van der Waals surface area contributed by atoms with Gasteiger partial charge < -0.3 is 15.8 Å². The van der Waals surface area contributed by atoms with Gasteiger partial charge in [-0.3, -0.25) is 0 Å². The van der Waals surface area contributed by atoms with E-state index in [1.54, 1.807) is 0 Å². The lowest BCUT2D eigenvalue weighted by Crippen LogP contribution is -2.23. The molecule has 4 heteroatoms. The van der Waals surface area contributed by atoms with Crippen LogP contribution in [0.4, 0.5) is 11.4 Å². The van der Waals surface area contributed by atoms with Gasteiger partial charge in [0.05, 0.1) is 16.8 Å². The third-order valence-corrected chi connectivity index (χ3v) is 3.97. The van der Waals surface area contributed by atoms with Crippen LogP contribution in [0.5, 0.6) is 0 Å². The van der Waals surface area contributed by atoms with E-state index in [1.807, 2.05) is 19.1 Å². The summed E-state index contributed by atoms with van der Waals surface area (Å²) in [5, 5.41) is 4.08. The lowest BCUT2D eigenvalue weighted by molar-refractivity contribution is 0.0900. The molecule has 1 aromatic rings. The number of ether oxygens (including phenoxy) is 1. The average Bonchev–Trinajstić information content (AvgIpc) is 2.79. The molecule has 0 aromatic heterocycles. The van der Waals surface area contributed by atoms with Crippen LogP contribution in [0.3, 0.4) is 0 Å². The van der Waals surface area contributed by atoms with Crippen LogP contribution in [-0.4, -0.2) is 19.3 Å². The summed E-state index contributed by atoms with van der Waals surface area (Å²) in [6, 6.07) is 3.82. The molecular weight excluding hydrogens is 248 g/mol. The molecule has 1 aromatic carbocycles. The summed E-state index contributed by atoms with van der Waals surface area (Å²) < 4.78 is 5.69. The maximum atomic E-state index is 6.05. The van der Waals surface area contributed by atoms with Gasteiger partial charge in [-0.1, -0.05) is 18.5 Å². The molecule has 0 bridgehead atoms. The van der Waals surface area contributed by atoms with Crippen molar-refractivity contribution in [1.82, 2.24) is 0 Å². The predicted octanol–water partition coefficient (Wildman–Crippen LogP) is 3.46. The van der Waals surface area contributed by atoms with Crippen LogP contribution in [0.15, 0.2) is 12.1 Å². The minimum absolute atomic E-state index is 0.391. The molecule has 1 heterocycles. The van der Waals surface area contributed by atoms with E-state index in [2.05, 4.69) is 12.2 Å².